The first-order valence-corrected chi connectivity index (χ1v) is 19.5. The average molecular weight is 655 g/mol. The van der Waals surface area contributed by atoms with Crippen LogP contribution >= 0.6 is 0 Å². The van der Waals surface area contributed by atoms with Gasteiger partial charge in [0.25, 0.3) is 0 Å². The minimum atomic E-state index is -0.137. The molecule has 0 aliphatic heterocycles. The summed E-state index contributed by atoms with van der Waals surface area (Å²) in [5.74, 6) is 1.13. The predicted octanol–water partition coefficient (Wildman–Crippen LogP) is 14.2. The molecule has 11 rings (SSSR count). The van der Waals surface area contributed by atoms with E-state index in [0.29, 0.717) is 11.8 Å². The molecule has 50 heavy (non-hydrogen) atoms. The Bertz CT molecular complexity index is 2380. The molecule has 0 amide bonds. The van der Waals surface area contributed by atoms with Crippen LogP contribution in [0.3, 0.4) is 0 Å². The minimum Gasteiger partial charge on any atom is -0.456 e. The summed E-state index contributed by atoms with van der Waals surface area (Å²) in [6.45, 7) is 9.88. The molecule has 2 nitrogen and oxygen atoms in total. The van der Waals surface area contributed by atoms with Crippen LogP contribution in [0.5, 0.6) is 0 Å². The molecule has 0 radical (unpaired) electrons. The van der Waals surface area contributed by atoms with E-state index in [0.717, 1.165) is 22.3 Å². The molecule has 4 aliphatic carbocycles. The van der Waals surface area contributed by atoms with Gasteiger partial charge in [-0.3, -0.25) is 0 Å². The summed E-state index contributed by atoms with van der Waals surface area (Å²) in [7, 11) is 0. The first kappa shape index (κ1) is 29.4. The van der Waals surface area contributed by atoms with Gasteiger partial charge < -0.3 is 8.83 Å². The number of hydrogen-bond acceptors (Lipinski definition) is 2. The van der Waals surface area contributed by atoms with Crippen molar-refractivity contribution >= 4 is 43.9 Å². The molecule has 4 aliphatic rings. The van der Waals surface area contributed by atoms with Gasteiger partial charge in [0.05, 0.1) is 0 Å². The lowest BCUT2D eigenvalue weighted by Gasteiger charge is -2.26. The summed E-state index contributed by atoms with van der Waals surface area (Å²) in [5, 5.41) is 5.18. The minimum absolute atomic E-state index is 0.137. The zero-order valence-electron chi connectivity index (χ0n) is 30.0. The molecule has 250 valence electrons. The number of rotatable bonds is 2. The second kappa shape index (κ2) is 10.2. The Balaban J connectivity index is 1.21. The van der Waals surface area contributed by atoms with Crippen LogP contribution in [0.25, 0.3) is 66.1 Å². The lowest BCUT2D eigenvalue weighted by atomic mass is 9.77. The SMILES string of the molecule is CC1(C)c2cc3c(cc2-c2c1cc(C1CCCCC1)c1oc4ccccc4c21)C(C)(C)c1cc(C2CCCCC2)c2oc4ccccc4c2c1-3. The fourth-order valence-corrected chi connectivity index (χ4v) is 11.2. The summed E-state index contributed by atoms with van der Waals surface area (Å²) in [4.78, 5) is 0. The van der Waals surface area contributed by atoms with Gasteiger partial charge in [0.2, 0.25) is 0 Å². The number of benzene rings is 5. The lowest BCUT2D eigenvalue weighted by molar-refractivity contribution is 0.441. The van der Waals surface area contributed by atoms with Crippen molar-refractivity contribution in [2.75, 3.05) is 0 Å². The Labute approximate surface area is 294 Å². The zero-order valence-corrected chi connectivity index (χ0v) is 30.0. The van der Waals surface area contributed by atoms with Gasteiger partial charge in [0, 0.05) is 32.4 Å². The number of fused-ring (bicyclic) bond motifs is 14. The van der Waals surface area contributed by atoms with Crippen molar-refractivity contribution in [3.8, 4) is 22.3 Å². The van der Waals surface area contributed by atoms with E-state index in [1.165, 1.54) is 141 Å². The number of hydrogen-bond donors (Lipinski definition) is 0. The van der Waals surface area contributed by atoms with Gasteiger partial charge in [0.1, 0.15) is 22.3 Å². The van der Waals surface area contributed by atoms with E-state index >= 15 is 0 Å². The van der Waals surface area contributed by atoms with E-state index in [4.69, 9.17) is 8.83 Å². The quantitative estimate of drug-likeness (QED) is 0.185. The average Bonchev–Trinajstić information content (AvgIpc) is 3.84. The Kier molecular flexibility index (Phi) is 5.98. The standard InChI is InChI=1S/C48H46O2/c1-47(2)35-25-34-36(26-33(35)41-37(47)23-31(27-15-7-5-8-16-27)45-43(41)29-19-11-13-21-39(29)49-45)48(3,4)38-24-32(28-17-9-6-10-18-28)46-44(42(34)38)30-20-12-14-22-40(30)50-46/h11-14,19-28H,5-10,15-18H2,1-4H3. The molecule has 0 saturated heterocycles. The molecule has 0 atom stereocenters. The molecule has 2 aromatic heterocycles. The van der Waals surface area contributed by atoms with E-state index < -0.39 is 0 Å². The van der Waals surface area contributed by atoms with Crippen LogP contribution in [0.4, 0.5) is 0 Å². The first-order valence-electron chi connectivity index (χ1n) is 19.5. The van der Waals surface area contributed by atoms with E-state index in [1.54, 1.807) is 0 Å². The van der Waals surface area contributed by atoms with Crippen molar-refractivity contribution in [3.05, 3.63) is 106 Å². The summed E-state index contributed by atoms with van der Waals surface area (Å²) in [6.07, 6.45) is 13.0. The van der Waals surface area contributed by atoms with Gasteiger partial charge >= 0.3 is 0 Å². The normalized spacial score (nSPS) is 19.8. The number of para-hydroxylation sites is 2. The molecule has 0 N–H and O–H groups in total. The highest BCUT2D eigenvalue weighted by Gasteiger charge is 2.45. The van der Waals surface area contributed by atoms with E-state index in [-0.39, 0.29) is 10.8 Å². The van der Waals surface area contributed by atoms with Gasteiger partial charge in [-0.2, -0.15) is 0 Å². The third-order valence-corrected chi connectivity index (χ3v) is 13.8. The summed E-state index contributed by atoms with van der Waals surface area (Å²) in [6, 6.07) is 27.9. The van der Waals surface area contributed by atoms with Crippen LogP contribution in [0.2, 0.25) is 0 Å². The lowest BCUT2D eigenvalue weighted by Crippen LogP contribution is -2.17. The van der Waals surface area contributed by atoms with Crippen LogP contribution in [-0.2, 0) is 10.8 Å². The monoisotopic (exact) mass is 654 g/mol. The van der Waals surface area contributed by atoms with Crippen LogP contribution in [-0.4, -0.2) is 0 Å². The molecule has 0 unspecified atom stereocenters. The van der Waals surface area contributed by atoms with Crippen molar-refractivity contribution in [2.45, 2.75) is 115 Å². The summed E-state index contributed by atoms with van der Waals surface area (Å²) < 4.78 is 13.7. The van der Waals surface area contributed by atoms with Gasteiger partial charge in [-0.15, -0.1) is 0 Å². The van der Waals surface area contributed by atoms with Crippen molar-refractivity contribution in [3.63, 3.8) is 0 Å². The smallest absolute Gasteiger partial charge is 0.139 e. The molecular formula is C48H46O2. The topological polar surface area (TPSA) is 26.3 Å². The van der Waals surface area contributed by atoms with Gasteiger partial charge in [-0.05, 0) is 117 Å². The van der Waals surface area contributed by atoms with E-state index in [2.05, 4.69) is 100 Å². The van der Waals surface area contributed by atoms with Crippen LogP contribution in [0, 0.1) is 0 Å². The molecule has 2 heterocycles. The van der Waals surface area contributed by atoms with Gasteiger partial charge in [-0.1, -0.05) is 115 Å². The van der Waals surface area contributed by atoms with Crippen molar-refractivity contribution in [1.82, 2.24) is 0 Å². The Morgan fingerprint density at radius 3 is 1.30 bits per heavy atom. The van der Waals surface area contributed by atoms with Crippen LogP contribution < -0.4 is 0 Å². The molecule has 2 fully saturated rings. The molecule has 5 aromatic carbocycles. The molecule has 2 heteroatoms. The van der Waals surface area contributed by atoms with Crippen LogP contribution in [0.1, 0.15) is 137 Å². The van der Waals surface area contributed by atoms with E-state index in [1.807, 2.05) is 0 Å². The molecule has 0 bridgehead atoms. The van der Waals surface area contributed by atoms with Crippen molar-refractivity contribution < 1.29 is 8.83 Å². The Hall–Kier alpha value is -4.30. The maximum Gasteiger partial charge on any atom is 0.139 e. The summed E-state index contributed by atoms with van der Waals surface area (Å²) in [5.41, 5.74) is 18.3. The highest BCUT2D eigenvalue weighted by molar-refractivity contribution is 6.18. The van der Waals surface area contributed by atoms with Gasteiger partial charge in [-0.25, -0.2) is 0 Å². The zero-order chi connectivity index (χ0) is 33.5. The summed E-state index contributed by atoms with van der Waals surface area (Å²) >= 11 is 0. The van der Waals surface area contributed by atoms with E-state index in [9.17, 15) is 0 Å². The maximum absolute atomic E-state index is 6.87. The molecule has 0 spiro atoms. The highest BCUT2D eigenvalue weighted by atomic mass is 16.3. The van der Waals surface area contributed by atoms with Crippen molar-refractivity contribution in [1.29, 1.82) is 0 Å². The van der Waals surface area contributed by atoms with Gasteiger partial charge in [0.15, 0.2) is 0 Å². The van der Waals surface area contributed by atoms with Crippen LogP contribution in [0.15, 0.2) is 81.6 Å². The molecule has 7 aromatic rings. The highest BCUT2D eigenvalue weighted by Crippen LogP contribution is 2.61. The fraction of sp³-hybridized carbons (Fsp3) is 0.375. The Morgan fingerprint density at radius 2 is 0.880 bits per heavy atom. The largest absolute Gasteiger partial charge is 0.456 e. The second-order valence-electron chi connectivity index (χ2n) is 17.2. The predicted molar refractivity (Wildman–Crippen MR) is 208 cm³/mol. The third kappa shape index (κ3) is 3.75. The Morgan fingerprint density at radius 1 is 0.480 bits per heavy atom. The fourth-order valence-electron chi connectivity index (χ4n) is 11.2. The molecular weight excluding hydrogens is 609 g/mol. The second-order valence-corrected chi connectivity index (χ2v) is 17.2. The third-order valence-electron chi connectivity index (χ3n) is 13.8. The van der Waals surface area contributed by atoms with Crippen molar-refractivity contribution in [2.24, 2.45) is 0 Å². The first-order chi connectivity index (χ1) is 24.3. The maximum atomic E-state index is 6.87. The molecule has 2 saturated carbocycles. The number of furan rings is 2.